The Morgan fingerprint density at radius 1 is 1.09 bits per heavy atom. The van der Waals surface area contributed by atoms with Crippen molar-refractivity contribution in [2.75, 3.05) is 0 Å². The molecule has 118 valence electrons. The first-order valence-corrected chi connectivity index (χ1v) is 6.64. The lowest BCUT2D eigenvalue weighted by atomic mass is 10.0. The fourth-order valence-electron chi connectivity index (χ4n) is 2.37. The number of carbonyl (C=O) groups excluding carboxylic acids is 1. The maximum absolute atomic E-state index is 13.0. The average molecular weight is 322 g/mol. The van der Waals surface area contributed by atoms with E-state index in [9.17, 15) is 22.4 Å². The van der Waals surface area contributed by atoms with E-state index in [4.69, 9.17) is 0 Å². The number of benzene rings is 1. The third-order valence-corrected chi connectivity index (χ3v) is 3.43. The number of hydrogen-bond donors (Lipinski definition) is 0. The quantitative estimate of drug-likeness (QED) is 0.519. The van der Waals surface area contributed by atoms with Gasteiger partial charge in [-0.05, 0) is 43.3 Å². The molecular weight excluding hydrogens is 312 g/mol. The van der Waals surface area contributed by atoms with Crippen LogP contribution in [0.2, 0.25) is 0 Å². The van der Waals surface area contributed by atoms with E-state index in [0.29, 0.717) is 5.56 Å². The van der Waals surface area contributed by atoms with Crippen molar-refractivity contribution in [1.82, 2.24) is 9.61 Å². The van der Waals surface area contributed by atoms with Crippen LogP contribution in [0, 0.1) is 5.82 Å². The van der Waals surface area contributed by atoms with Gasteiger partial charge in [-0.1, -0.05) is 0 Å². The third kappa shape index (κ3) is 2.69. The van der Waals surface area contributed by atoms with E-state index >= 15 is 0 Å². The van der Waals surface area contributed by atoms with Crippen LogP contribution in [-0.4, -0.2) is 15.4 Å². The molecule has 1 aromatic carbocycles. The van der Waals surface area contributed by atoms with Crippen molar-refractivity contribution in [3.8, 4) is 11.3 Å². The second-order valence-corrected chi connectivity index (χ2v) is 5.03. The molecule has 0 saturated carbocycles. The molecule has 0 aliphatic heterocycles. The van der Waals surface area contributed by atoms with Gasteiger partial charge in [-0.15, -0.1) is 0 Å². The van der Waals surface area contributed by atoms with E-state index in [1.165, 1.54) is 37.3 Å². The number of nitrogens with zero attached hydrogens (tertiary/aromatic N) is 2. The van der Waals surface area contributed by atoms with Crippen molar-refractivity contribution < 1.29 is 22.4 Å². The molecule has 0 aliphatic rings. The number of carbonyl (C=O) groups is 1. The summed E-state index contributed by atoms with van der Waals surface area (Å²) in [5.41, 5.74) is 0.272. The summed E-state index contributed by atoms with van der Waals surface area (Å²) in [5.74, 6) is -0.791. The van der Waals surface area contributed by atoms with E-state index in [1.807, 2.05) is 0 Å². The number of ketones is 1. The van der Waals surface area contributed by atoms with Crippen LogP contribution in [0.3, 0.4) is 0 Å². The zero-order valence-corrected chi connectivity index (χ0v) is 11.9. The standard InChI is InChI=1S/C16H10F4N2O/c1-9(23)14-13-7-4-11(16(18,19)20)8-22(13)21-15(14)10-2-5-12(17)6-3-10/h2-8H,1H3. The predicted molar refractivity (Wildman–Crippen MR) is 75.6 cm³/mol. The summed E-state index contributed by atoms with van der Waals surface area (Å²) in [5, 5.41) is 4.08. The Morgan fingerprint density at radius 2 is 1.74 bits per heavy atom. The second-order valence-electron chi connectivity index (χ2n) is 5.03. The van der Waals surface area contributed by atoms with Gasteiger partial charge in [0.15, 0.2) is 5.78 Å². The molecular formula is C16H10F4N2O. The average Bonchev–Trinajstić information content (AvgIpc) is 2.85. The maximum atomic E-state index is 13.0. The topological polar surface area (TPSA) is 34.4 Å². The molecule has 0 spiro atoms. The zero-order valence-electron chi connectivity index (χ0n) is 11.9. The van der Waals surface area contributed by atoms with Crippen molar-refractivity contribution in [2.24, 2.45) is 0 Å². The first-order chi connectivity index (χ1) is 10.8. The lowest BCUT2D eigenvalue weighted by Gasteiger charge is -2.06. The molecule has 3 aromatic rings. The molecule has 0 bridgehead atoms. The zero-order chi connectivity index (χ0) is 16.8. The molecule has 2 heterocycles. The van der Waals surface area contributed by atoms with Gasteiger partial charge in [0.1, 0.15) is 11.5 Å². The van der Waals surface area contributed by atoms with Gasteiger partial charge in [0.2, 0.25) is 0 Å². The van der Waals surface area contributed by atoms with Crippen LogP contribution in [0.1, 0.15) is 22.8 Å². The number of rotatable bonds is 2. The van der Waals surface area contributed by atoms with E-state index in [0.717, 1.165) is 16.8 Å². The number of aromatic nitrogens is 2. The molecule has 23 heavy (non-hydrogen) atoms. The van der Waals surface area contributed by atoms with Crippen LogP contribution in [0.15, 0.2) is 42.6 Å². The summed E-state index contributed by atoms with van der Waals surface area (Å²) < 4.78 is 52.5. The van der Waals surface area contributed by atoms with Gasteiger partial charge in [0, 0.05) is 11.8 Å². The largest absolute Gasteiger partial charge is 0.417 e. The van der Waals surface area contributed by atoms with Crippen LogP contribution >= 0.6 is 0 Å². The highest BCUT2D eigenvalue weighted by Crippen LogP contribution is 2.32. The highest BCUT2D eigenvalue weighted by molar-refractivity contribution is 6.06. The molecule has 3 rings (SSSR count). The van der Waals surface area contributed by atoms with E-state index in [-0.39, 0.29) is 22.6 Å². The maximum Gasteiger partial charge on any atom is 0.417 e. The monoisotopic (exact) mass is 322 g/mol. The summed E-state index contributed by atoms with van der Waals surface area (Å²) in [6.45, 7) is 1.31. The molecule has 0 atom stereocenters. The normalized spacial score (nSPS) is 11.9. The summed E-state index contributed by atoms with van der Waals surface area (Å²) in [6, 6.07) is 7.36. The van der Waals surface area contributed by atoms with Crippen molar-refractivity contribution in [3.05, 3.63) is 59.5 Å². The summed E-state index contributed by atoms with van der Waals surface area (Å²) in [7, 11) is 0. The van der Waals surface area contributed by atoms with Crippen molar-refractivity contribution >= 4 is 11.3 Å². The highest BCUT2D eigenvalue weighted by atomic mass is 19.4. The molecule has 0 saturated heterocycles. The molecule has 3 nitrogen and oxygen atoms in total. The minimum atomic E-state index is -4.51. The molecule has 2 aromatic heterocycles. The highest BCUT2D eigenvalue weighted by Gasteiger charge is 2.31. The molecule has 0 N–H and O–H groups in total. The van der Waals surface area contributed by atoms with Crippen LogP contribution in [0.5, 0.6) is 0 Å². The van der Waals surface area contributed by atoms with Gasteiger partial charge < -0.3 is 0 Å². The Kier molecular flexibility index (Phi) is 3.43. The van der Waals surface area contributed by atoms with Gasteiger partial charge >= 0.3 is 6.18 Å². The summed E-state index contributed by atoms with van der Waals surface area (Å²) in [4.78, 5) is 11.9. The van der Waals surface area contributed by atoms with Gasteiger partial charge in [-0.25, -0.2) is 8.91 Å². The third-order valence-electron chi connectivity index (χ3n) is 3.43. The Hall–Kier alpha value is -2.70. The Balaban J connectivity index is 2.27. The molecule has 0 radical (unpaired) electrons. The van der Waals surface area contributed by atoms with Gasteiger partial charge in [0.25, 0.3) is 0 Å². The minimum Gasteiger partial charge on any atom is -0.294 e. The van der Waals surface area contributed by atoms with Crippen molar-refractivity contribution in [2.45, 2.75) is 13.1 Å². The number of hydrogen-bond acceptors (Lipinski definition) is 2. The Morgan fingerprint density at radius 3 is 2.30 bits per heavy atom. The van der Waals surface area contributed by atoms with Crippen LogP contribution < -0.4 is 0 Å². The number of halogens is 4. The van der Waals surface area contributed by atoms with Crippen molar-refractivity contribution in [1.29, 1.82) is 0 Å². The lowest BCUT2D eigenvalue weighted by molar-refractivity contribution is -0.137. The lowest BCUT2D eigenvalue weighted by Crippen LogP contribution is -2.06. The summed E-state index contributed by atoms with van der Waals surface area (Å²) in [6.07, 6.45) is -3.68. The molecule has 0 amide bonds. The molecule has 0 fully saturated rings. The predicted octanol–water partition coefficient (Wildman–Crippen LogP) is 4.36. The number of Topliss-reactive ketones (excluding diaryl/α,β-unsaturated/α-hetero) is 1. The number of alkyl halides is 3. The van der Waals surface area contributed by atoms with E-state index < -0.39 is 17.6 Å². The Labute approximate surface area is 128 Å². The first kappa shape index (κ1) is 15.2. The SMILES string of the molecule is CC(=O)c1c(-c2ccc(F)cc2)nn2cc(C(F)(F)F)ccc12. The first-order valence-electron chi connectivity index (χ1n) is 6.64. The summed E-state index contributed by atoms with van der Waals surface area (Å²) >= 11 is 0. The van der Waals surface area contributed by atoms with Gasteiger partial charge in [-0.3, -0.25) is 4.79 Å². The fourth-order valence-corrected chi connectivity index (χ4v) is 2.37. The minimum absolute atomic E-state index is 0.199. The van der Waals surface area contributed by atoms with E-state index in [2.05, 4.69) is 5.10 Å². The second kappa shape index (κ2) is 5.19. The molecule has 0 unspecified atom stereocenters. The van der Waals surface area contributed by atoms with Crippen molar-refractivity contribution in [3.63, 3.8) is 0 Å². The Bertz CT molecular complexity index is 895. The molecule has 7 heteroatoms. The van der Waals surface area contributed by atoms with Gasteiger partial charge in [0.05, 0.1) is 16.6 Å². The van der Waals surface area contributed by atoms with Crippen LogP contribution in [0.25, 0.3) is 16.8 Å². The number of pyridine rings is 1. The smallest absolute Gasteiger partial charge is 0.294 e. The molecule has 0 aliphatic carbocycles. The fraction of sp³-hybridized carbons (Fsp3) is 0.125. The van der Waals surface area contributed by atoms with E-state index in [1.54, 1.807) is 0 Å². The van der Waals surface area contributed by atoms with Crippen LogP contribution in [-0.2, 0) is 6.18 Å². The van der Waals surface area contributed by atoms with Gasteiger partial charge in [-0.2, -0.15) is 18.3 Å². The van der Waals surface area contributed by atoms with Crippen LogP contribution in [0.4, 0.5) is 17.6 Å². The number of fused-ring (bicyclic) bond motifs is 1.